The predicted molar refractivity (Wildman–Crippen MR) is 80.3 cm³/mol. The zero-order chi connectivity index (χ0) is 13.3. The quantitative estimate of drug-likeness (QED) is 0.839. The second kappa shape index (κ2) is 5.51. The fourth-order valence-corrected chi connectivity index (χ4v) is 3.81. The van der Waals surface area contributed by atoms with Crippen LogP contribution in [-0.2, 0) is 4.74 Å². The molecule has 1 unspecified atom stereocenters. The summed E-state index contributed by atoms with van der Waals surface area (Å²) in [7, 11) is 0. The molecule has 1 aliphatic heterocycles. The lowest BCUT2D eigenvalue weighted by Crippen LogP contribution is -2.42. The summed E-state index contributed by atoms with van der Waals surface area (Å²) in [6, 6.07) is 6.07. The van der Waals surface area contributed by atoms with Crippen molar-refractivity contribution >= 4 is 28.9 Å². The number of rotatable bonds is 2. The van der Waals surface area contributed by atoms with Gasteiger partial charge in [-0.1, -0.05) is 36.0 Å². The molecule has 0 radical (unpaired) electrons. The molecule has 2 aliphatic rings. The Balaban J connectivity index is 1.69. The van der Waals surface area contributed by atoms with Gasteiger partial charge in [-0.25, -0.2) is 0 Å². The molecule has 0 aromatic heterocycles. The van der Waals surface area contributed by atoms with Crippen LogP contribution in [0.2, 0.25) is 10.0 Å². The van der Waals surface area contributed by atoms with Gasteiger partial charge < -0.3 is 10.1 Å². The number of ether oxygens (including phenoxy) is 1. The maximum absolute atomic E-state index is 6.22. The Hall–Kier alpha value is -0.440. The van der Waals surface area contributed by atoms with Gasteiger partial charge >= 0.3 is 0 Å². The van der Waals surface area contributed by atoms with Crippen molar-refractivity contribution in [2.75, 3.05) is 11.9 Å². The fourth-order valence-electron chi connectivity index (χ4n) is 3.35. The van der Waals surface area contributed by atoms with Gasteiger partial charge in [-0.05, 0) is 43.9 Å². The van der Waals surface area contributed by atoms with Crippen LogP contribution in [0.3, 0.4) is 0 Å². The third-order valence-corrected chi connectivity index (χ3v) is 4.85. The van der Waals surface area contributed by atoms with Gasteiger partial charge in [-0.2, -0.15) is 0 Å². The van der Waals surface area contributed by atoms with Crippen LogP contribution in [0, 0.1) is 0 Å². The fraction of sp³-hybridized carbons (Fsp3) is 0.600. The molecule has 1 atom stereocenters. The molecule has 104 valence electrons. The van der Waals surface area contributed by atoms with Gasteiger partial charge in [-0.15, -0.1) is 0 Å². The van der Waals surface area contributed by atoms with Gasteiger partial charge in [0.2, 0.25) is 0 Å². The lowest BCUT2D eigenvalue weighted by molar-refractivity contribution is -0.0767. The van der Waals surface area contributed by atoms with E-state index in [0.29, 0.717) is 16.1 Å². The van der Waals surface area contributed by atoms with E-state index in [-0.39, 0.29) is 5.60 Å². The Morgan fingerprint density at radius 3 is 2.74 bits per heavy atom. The van der Waals surface area contributed by atoms with Crippen LogP contribution in [0.25, 0.3) is 0 Å². The van der Waals surface area contributed by atoms with Crippen LogP contribution in [0.5, 0.6) is 0 Å². The van der Waals surface area contributed by atoms with Gasteiger partial charge in [0, 0.05) is 17.7 Å². The summed E-state index contributed by atoms with van der Waals surface area (Å²) in [4.78, 5) is 0. The molecule has 1 aromatic rings. The van der Waals surface area contributed by atoms with E-state index in [0.717, 1.165) is 25.1 Å². The number of anilines is 1. The largest absolute Gasteiger partial charge is 0.381 e. The van der Waals surface area contributed by atoms with Crippen molar-refractivity contribution in [2.45, 2.75) is 50.2 Å². The van der Waals surface area contributed by atoms with Gasteiger partial charge in [-0.3, -0.25) is 0 Å². The molecule has 19 heavy (non-hydrogen) atoms. The summed E-state index contributed by atoms with van der Waals surface area (Å²) in [5.74, 6) is 0. The van der Waals surface area contributed by atoms with Crippen LogP contribution in [-0.4, -0.2) is 18.2 Å². The van der Waals surface area contributed by atoms with Crippen LogP contribution >= 0.6 is 23.2 Å². The minimum absolute atomic E-state index is 0.134. The SMILES string of the molecule is Clc1ccc(NC2CCOC3(CCCC3)C2)c(Cl)c1. The molecular weight excluding hydrogens is 281 g/mol. The molecule has 3 rings (SSSR count). The first-order valence-corrected chi connectivity index (χ1v) is 7.78. The molecular formula is C15H19Cl2NO. The standard InChI is InChI=1S/C15H19Cl2NO/c16-11-3-4-14(13(17)9-11)18-12-5-8-19-15(10-12)6-1-2-7-15/h3-4,9,12,18H,1-2,5-8,10H2. The van der Waals surface area contributed by atoms with Crippen molar-refractivity contribution in [2.24, 2.45) is 0 Å². The molecule has 1 saturated carbocycles. The molecule has 1 heterocycles. The Kier molecular flexibility index (Phi) is 3.93. The van der Waals surface area contributed by atoms with Crippen molar-refractivity contribution in [3.05, 3.63) is 28.2 Å². The highest BCUT2D eigenvalue weighted by atomic mass is 35.5. The predicted octanol–water partition coefficient (Wildman–Crippen LogP) is 4.90. The van der Waals surface area contributed by atoms with Crippen molar-refractivity contribution in [1.29, 1.82) is 0 Å². The Morgan fingerprint density at radius 1 is 1.21 bits per heavy atom. The molecule has 4 heteroatoms. The highest BCUT2D eigenvalue weighted by Gasteiger charge is 2.39. The maximum Gasteiger partial charge on any atom is 0.0702 e. The Labute approximate surface area is 124 Å². The zero-order valence-corrected chi connectivity index (χ0v) is 12.4. The summed E-state index contributed by atoms with van der Waals surface area (Å²) in [6.45, 7) is 0.850. The second-order valence-corrected chi connectivity index (χ2v) is 6.54. The number of benzene rings is 1. The minimum atomic E-state index is 0.134. The molecule has 1 aromatic carbocycles. The average molecular weight is 300 g/mol. The topological polar surface area (TPSA) is 21.3 Å². The molecule has 1 saturated heterocycles. The van der Waals surface area contributed by atoms with Crippen LogP contribution < -0.4 is 5.32 Å². The smallest absolute Gasteiger partial charge is 0.0702 e. The van der Waals surface area contributed by atoms with E-state index in [9.17, 15) is 0 Å². The van der Waals surface area contributed by atoms with Gasteiger partial charge in [0.25, 0.3) is 0 Å². The van der Waals surface area contributed by atoms with E-state index < -0.39 is 0 Å². The van der Waals surface area contributed by atoms with Gasteiger partial charge in [0.15, 0.2) is 0 Å². The van der Waals surface area contributed by atoms with Crippen LogP contribution in [0.15, 0.2) is 18.2 Å². The molecule has 2 fully saturated rings. The van der Waals surface area contributed by atoms with Crippen LogP contribution in [0.1, 0.15) is 38.5 Å². The van der Waals surface area contributed by atoms with E-state index in [4.69, 9.17) is 27.9 Å². The number of halogens is 2. The molecule has 0 bridgehead atoms. The molecule has 0 amide bonds. The van der Waals surface area contributed by atoms with E-state index in [1.165, 1.54) is 25.7 Å². The van der Waals surface area contributed by atoms with Gasteiger partial charge in [0.1, 0.15) is 0 Å². The first-order valence-electron chi connectivity index (χ1n) is 7.02. The van der Waals surface area contributed by atoms with Gasteiger partial charge in [0.05, 0.1) is 16.3 Å². The second-order valence-electron chi connectivity index (χ2n) is 5.70. The lowest BCUT2D eigenvalue weighted by atomic mass is 9.89. The molecule has 2 nitrogen and oxygen atoms in total. The van der Waals surface area contributed by atoms with E-state index >= 15 is 0 Å². The molecule has 1 aliphatic carbocycles. The summed E-state index contributed by atoms with van der Waals surface area (Å²) in [5.41, 5.74) is 1.11. The molecule has 1 N–H and O–H groups in total. The first kappa shape index (κ1) is 13.5. The summed E-state index contributed by atoms with van der Waals surface area (Å²) < 4.78 is 6.05. The van der Waals surface area contributed by atoms with E-state index in [1.54, 1.807) is 6.07 Å². The Bertz CT molecular complexity index is 457. The number of hydrogen-bond acceptors (Lipinski definition) is 2. The van der Waals surface area contributed by atoms with Crippen LogP contribution in [0.4, 0.5) is 5.69 Å². The summed E-state index contributed by atoms with van der Waals surface area (Å²) in [6.07, 6.45) is 7.15. The highest BCUT2D eigenvalue weighted by molar-refractivity contribution is 6.36. The Morgan fingerprint density at radius 2 is 2.00 bits per heavy atom. The molecule has 1 spiro atoms. The summed E-state index contributed by atoms with van der Waals surface area (Å²) >= 11 is 12.1. The third kappa shape index (κ3) is 3.01. The summed E-state index contributed by atoms with van der Waals surface area (Å²) in [5, 5.41) is 4.93. The average Bonchev–Trinajstić information content (AvgIpc) is 2.81. The maximum atomic E-state index is 6.22. The first-order chi connectivity index (χ1) is 9.17. The minimum Gasteiger partial charge on any atom is -0.381 e. The zero-order valence-electron chi connectivity index (χ0n) is 10.9. The van der Waals surface area contributed by atoms with Crippen molar-refractivity contribution in [1.82, 2.24) is 0 Å². The number of nitrogens with one attached hydrogen (secondary N) is 1. The van der Waals surface area contributed by atoms with E-state index in [1.807, 2.05) is 12.1 Å². The number of hydrogen-bond donors (Lipinski definition) is 1. The lowest BCUT2D eigenvalue weighted by Gasteiger charge is -2.39. The third-order valence-electron chi connectivity index (χ3n) is 4.30. The monoisotopic (exact) mass is 299 g/mol. The van der Waals surface area contributed by atoms with Crippen molar-refractivity contribution in [3.8, 4) is 0 Å². The highest BCUT2D eigenvalue weighted by Crippen LogP contribution is 2.41. The van der Waals surface area contributed by atoms with E-state index in [2.05, 4.69) is 5.32 Å². The van der Waals surface area contributed by atoms with Crippen molar-refractivity contribution < 1.29 is 4.74 Å². The van der Waals surface area contributed by atoms with Crippen molar-refractivity contribution in [3.63, 3.8) is 0 Å². The normalized spacial score (nSPS) is 25.7.